The molecule has 104 valence electrons. The van der Waals surface area contributed by atoms with Gasteiger partial charge < -0.3 is 15.0 Å². The zero-order valence-electron chi connectivity index (χ0n) is 11.2. The number of thioether (sulfide) groups is 1. The van der Waals surface area contributed by atoms with Crippen molar-refractivity contribution in [3.63, 3.8) is 0 Å². The first-order chi connectivity index (χ1) is 9.31. The van der Waals surface area contributed by atoms with Gasteiger partial charge in [0.15, 0.2) is 0 Å². The fourth-order valence-electron chi connectivity index (χ4n) is 2.08. The summed E-state index contributed by atoms with van der Waals surface area (Å²) < 4.78 is 5.17. The largest absolute Gasteiger partial charge is 0.380 e. The van der Waals surface area contributed by atoms with Crippen molar-refractivity contribution in [2.24, 2.45) is 0 Å². The maximum Gasteiger partial charge on any atom is 0.317 e. The summed E-state index contributed by atoms with van der Waals surface area (Å²) >= 11 is 1.90. The number of rotatable bonds is 4. The molecule has 0 unspecified atom stereocenters. The highest BCUT2D eigenvalue weighted by Gasteiger charge is 2.16. The van der Waals surface area contributed by atoms with Crippen molar-refractivity contribution < 1.29 is 9.53 Å². The van der Waals surface area contributed by atoms with E-state index in [1.54, 1.807) is 7.11 Å². The molecule has 0 spiro atoms. The van der Waals surface area contributed by atoms with Gasteiger partial charge in [-0.2, -0.15) is 11.8 Å². The Bertz CT molecular complexity index is 420. The summed E-state index contributed by atoms with van der Waals surface area (Å²) in [6.45, 7) is 2.82. The number of benzene rings is 1. The van der Waals surface area contributed by atoms with Crippen molar-refractivity contribution in [1.82, 2.24) is 10.2 Å². The highest BCUT2D eigenvalue weighted by atomic mass is 32.2. The number of carbonyl (C=O) groups is 1. The number of hydrogen-bond acceptors (Lipinski definition) is 3. The van der Waals surface area contributed by atoms with Gasteiger partial charge in [-0.05, 0) is 11.1 Å². The van der Waals surface area contributed by atoms with E-state index in [4.69, 9.17) is 4.74 Å². The molecule has 1 N–H and O–H groups in total. The molecule has 1 heterocycles. The van der Waals surface area contributed by atoms with Crippen LogP contribution in [-0.2, 0) is 17.9 Å². The van der Waals surface area contributed by atoms with Crippen LogP contribution >= 0.6 is 11.8 Å². The molecule has 0 atom stereocenters. The topological polar surface area (TPSA) is 41.6 Å². The van der Waals surface area contributed by atoms with Crippen molar-refractivity contribution in [3.8, 4) is 0 Å². The second-order valence-electron chi connectivity index (χ2n) is 4.46. The molecule has 1 fully saturated rings. The Kier molecular flexibility index (Phi) is 5.54. The molecule has 19 heavy (non-hydrogen) atoms. The number of nitrogens with one attached hydrogen (secondary N) is 1. The molecule has 0 saturated carbocycles. The van der Waals surface area contributed by atoms with E-state index in [1.165, 1.54) is 0 Å². The molecule has 2 rings (SSSR count). The Morgan fingerprint density at radius 1 is 1.32 bits per heavy atom. The van der Waals surface area contributed by atoms with Gasteiger partial charge in [0, 0.05) is 38.2 Å². The first kappa shape index (κ1) is 14.2. The molecule has 0 bridgehead atoms. The van der Waals surface area contributed by atoms with E-state index in [0.29, 0.717) is 13.2 Å². The number of hydrogen-bond donors (Lipinski definition) is 1. The van der Waals surface area contributed by atoms with Crippen LogP contribution < -0.4 is 5.32 Å². The fourth-order valence-corrected chi connectivity index (χ4v) is 2.98. The summed E-state index contributed by atoms with van der Waals surface area (Å²) in [5.74, 6) is 2.07. The summed E-state index contributed by atoms with van der Waals surface area (Å²) in [6.07, 6.45) is 0. The molecule has 1 aromatic rings. The smallest absolute Gasteiger partial charge is 0.317 e. The maximum atomic E-state index is 12.0. The lowest BCUT2D eigenvalue weighted by atomic mass is 10.1. The van der Waals surface area contributed by atoms with Gasteiger partial charge in [0.05, 0.1) is 6.61 Å². The van der Waals surface area contributed by atoms with Crippen LogP contribution in [0, 0.1) is 0 Å². The van der Waals surface area contributed by atoms with E-state index in [-0.39, 0.29) is 6.03 Å². The molecule has 1 saturated heterocycles. The third-order valence-corrected chi connectivity index (χ3v) is 4.09. The minimum absolute atomic E-state index is 0.0347. The fraction of sp³-hybridized carbons (Fsp3) is 0.500. The van der Waals surface area contributed by atoms with Crippen LogP contribution in [0.15, 0.2) is 24.3 Å². The van der Waals surface area contributed by atoms with Crippen LogP contribution in [-0.4, -0.2) is 42.6 Å². The number of carbonyl (C=O) groups excluding carboxylic acids is 1. The van der Waals surface area contributed by atoms with Crippen molar-refractivity contribution in [1.29, 1.82) is 0 Å². The van der Waals surface area contributed by atoms with E-state index < -0.39 is 0 Å². The number of urea groups is 1. The Balaban J connectivity index is 1.89. The van der Waals surface area contributed by atoms with Crippen LogP contribution in [0.1, 0.15) is 11.1 Å². The highest BCUT2D eigenvalue weighted by molar-refractivity contribution is 7.99. The molecule has 2 amide bonds. The predicted molar refractivity (Wildman–Crippen MR) is 78.3 cm³/mol. The van der Waals surface area contributed by atoms with Crippen LogP contribution in [0.3, 0.4) is 0 Å². The molecule has 0 aromatic heterocycles. The number of ether oxygens (including phenoxy) is 1. The first-order valence-electron chi connectivity index (χ1n) is 6.47. The summed E-state index contributed by atoms with van der Waals surface area (Å²) in [5, 5.41) is 2.99. The standard InChI is InChI=1S/C14H20N2O2S/c1-18-11-13-5-3-2-4-12(13)10-15-14(17)16-6-8-19-9-7-16/h2-5H,6-11H2,1H3,(H,15,17). The van der Waals surface area contributed by atoms with Gasteiger partial charge in [0.25, 0.3) is 0 Å². The maximum absolute atomic E-state index is 12.0. The minimum atomic E-state index is 0.0347. The van der Waals surface area contributed by atoms with E-state index in [1.807, 2.05) is 40.9 Å². The quantitative estimate of drug-likeness (QED) is 0.918. The molecule has 1 aliphatic heterocycles. The average molecular weight is 280 g/mol. The van der Waals surface area contributed by atoms with Crippen LogP contribution in [0.25, 0.3) is 0 Å². The Labute approximate surface area is 118 Å². The summed E-state index contributed by atoms with van der Waals surface area (Å²) in [5.41, 5.74) is 2.24. The van der Waals surface area contributed by atoms with Gasteiger partial charge in [-0.25, -0.2) is 4.79 Å². The lowest BCUT2D eigenvalue weighted by Crippen LogP contribution is -2.44. The molecular weight excluding hydrogens is 260 g/mol. The highest BCUT2D eigenvalue weighted by Crippen LogP contribution is 2.11. The predicted octanol–water partition coefficient (Wildman–Crippen LogP) is 2.09. The van der Waals surface area contributed by atoms with E-state index in [2.05, 4.69) is 5.32 Å². The zero-order valence-corrected chi connectivity index (χ0v) is 12.0. The molecule has 4 nitrogen and oxygen atoms in total. The summed E-state index contributed by atoms with van der Waals surface area (Å²) in [6, 6.07) is 8.07. The number of nitrogens with zero attached hydrogens (tertiary/aromatic N) is 1. The van der Waals surface area contributed by atoms with E-state index in [0.717, 1.165) is 35.7 Å². The van der Waals surface area contributed by atoms with E-state index in [9.17, 15) is 4.79 Å². The van der Waals surface area contributed by atoms with E-state index >= 15 is 0 Å². The van der Waals surface area contributed by atoms with Gasteiger partial charge in [0.2, 0.25) is 0 Å². The zero-order chi connectivity index (χ0) is 13.5. The molecule has 5 heteroatoms. The second kappa shape index (κ2) is 7.40. The van der Waals surface area contributed by atoms with Crippen molar-refractivity contribution in [3.05, 3.63) is 35.4 Å². The summed E-state index contributed by atoms with van der Waals surface area (Å²) in [7, 11) is 1.68. The Morgan fingerprint density at radius 2 is 2.00 bits per heavy atom. The minimum Gasteiger partial charge on any atom is -0.380 e. The van der Waals surface area contributed by atoms with Crippen LogP contribution in [0.4, 0.5) is 4.79 Å². The Hall–Kier alpha value is -1.20. The average Bonchev–Trinajstić information content (AvgIpc) is 2.47. The number of methoxy groups -OCH3 is 1. The van der Waals surface area contributed by atoms with Gasteiger partial charge >= 0.3 is 6.03 Å². The van der Waals surface area contributed by atoms with Crippen LogP contribution in [0.2, 0.25) is 0 Å². The monoisotopic (exact) mass is 280 g/mol. The van der Waals surface area contributed by atoms with Crippen molar-refractivity contribution >= 4 is 17.8 Å². The first-order valence-corrected chi connectivity index (χ1v) is 7.63. The normalized spacial score (nSPS) is 15.3. The van der Waals surface area contributed by atoms with Gasteiger partial charge in [-0.3, -0.25) is 0 Å². The third kappa shape index (κ3) is 4.14. The van der Waals surface area contributed by atoms with Gasteiger partial charge in [-0.15, -0.1) is 0 Å². The molecule has 1 aliphatic rings. The van der Waals surface area contributed by atoms with Crippen molar-refractivity contribution in [2.45, 2.75) is 13.2 Å². The Morgan fingerprint density at radius 3 is 2.68 bits per heavy atom. The molecule has 0 radical (unpaired) electrons. The van der Waals surface area contributed by atoms with Crippen LogP contribution in [0.5, 0.6) is 0 Å². The van der Waals surface area contributed by atoms with Gasteiger partial charge in [-0.1, -0.05) is 24.3 Å². The van der Waals surface area contributed by atoms with Crippen molar-refractivity contribution in [2.75, 3.05) is 31.7 Å². The lowest BCUT2D eigenvalue weighted by molar-refractivity contribution is 0.183. The molecule has 0 aliphatic carbocycles. The molecular formula is C14H20N2O2S. The number of amides is 2. The summed E-state index contributed by atoms with van der Waals surface area (Å²) in [4.78, 5) is 13.9. The van der Waals surface area contributed by atoms with Gasteiger partial charge in [0.1, 0.15) is 0 Å². The third-order valence-electron chi connectivity index (χ3n) is 3.15. The molecule has 1 aromatic carbocycles. The SMILES string of the molecule is COCc1ccccc1CNC(=O)N1CCSCC1. The second-order valence-corrected chi connectivity index (χ2v) is 5.68. The lowest BCUT2D eigenvalue weighted by Gasteiger charge is -2.26.